The van der Waals surface area contributed by atoms with Gasteiger partial charge in [-0.25, -0.2) is 4.99 Å². The number of carbonyl (C=O) groups is 1. The summed E-state index contributed by atoms with van der Waals surface area (Å²) in [6, 6.07) is 7.45. The van der Waals surface area contributed by atoms with Gasteiger partial charge in [0.25, 0.3) is 0 Å². The van der Waals surface area contributed by atoms with Gasteiger partial charge in [0.05, 0.1) is 31.3 Å². The van der Waals surface area contributed by atoms with Gasteiger partial charge in [-0.05, 0) is 19.1 Å². The molecule has 1 aromatic carbocycles. The molecule has 0 aliphatic carbocycles. The minimum Gasteiger partial charge on any atom is -0.490 e. The normalized spacial score (nSPS) is 17.8. The number of guanidine groups is 1. The SMILES string of the molecule is CCNC(=NCCOc1ccccc1Cl)N1CCN(CC(=O)N2CCOCC2)CC1.I. The van der Waals surface area contributed by atoms with Gasteiger partial charge in [-0.2, -0.15) is 0 Å². The Bertz CT molecular complexity index is 710. The molecular formula is C21H33ClIN5O3. The summed E-state index contributed by atoms with van der Waals surface area (Å²) >= 11 is 6.12. The van der Waals surface area contributed by atoms with Crippen LogP contribution in [0.3, 0.4) is 0 Å². The highest BCUT2D eigenvalue weighted by Gasteiger charge is 2.24. The Balaban J connectivity index is 0.00000341. The van der Waals surface area contributed by atoms with Crippen molar-refractivity contribution in [1.82, 2.24) is 20.0 Å². The molecule has 0 spiro atoms. The molecule has 10 heteroatoms. The number of amides is 1. The van der Waals surface area contributed by atoms with E-state index in [1.54, 1.807) is 0 Å². The summed E-state index contributed by atoms with van der Waals surface area (Å²) in [7, 11) is 0. The molecule has 0 aromatic heterocycles. The van der Waals surface area contributed by atoms with Gasteiger partial charge < -0.3 is 24.6 Å². The van der Waals surface area contributed by atoms with E-state index in [9.17, 15) is 4.79 Å². The second-order valence-electron chi connectivity index (χ2n) is 7.27. The Morgan fingerprint density at radius 1 is 1.13 bits per heavy atom. The molecule has 1 N–H and O–H groups in total. The molecule has 3 rings (SSSR count). The predicted octanol–water partition coefficient (Wildman–Crippen LogP) is 1.78. The smallest absolute Gasteiger partial charge is 0.236 e. The van der Waals surface area contributed by atoms with Gasteiger partial charge >= 0.3 is 0 Å². The highest BCUT2D eigenvalue weighted by Crippen LogP contribution is 2.22. The van der Waals surface area contributed by atoms with E-state index in [0.717, 1.165) is 38.7 Å². The first-order valence-electron chi connectivity index (χ1n) is 10.7. The Morgan fingerprint density at radius 2 is 1.84 bits per heavy atom. The van der Waals surface area contributed by atoms with Crippen LogP contribution in [-0.2, 0) is 9.53 Å². The van der Waals surface area contributed by atoms with Gasteiger partial charge in [0.2, 0.25) is 5.91 Å². The first kappa shape index (κ1) is 26.0. The molecule has 0 bridgehead atoms. The molecule has 2 aliphatic heterocycles. The van der Waals surface area contributed by atoms with Crippen LogP contribution in [0.5, 0.6) is 5.75 Å². The molecule has 1 amide bonds. The summed E-state index contributed by atoms with van der Waals surface area (Å²) in [6.07, 6.45) is 0. The molecule has 8 nitrogen and oxygen atoms in total. The third kappa shape index (κ3) is 8.28. The number of halogens is 2. The molecule has 0 atom stereocenters. The number of para-hydroxylation sites is 1. The number of morpholine rings is 1. The second-order valence-corrected chi connectivity index (χ2v) is 7.68. The first-order valence-corrected chi connectivity index (χ1v) is 11.0. The van der Waals surface area contributed by atoms with E-state index in [0.29, 0.717) is 56.8 Å². The maximum absolute atomic E-state index is 12.5. The van der Waals surface area contributed by atoms with Crippen LogP contribution in [0.4, 0.5) is 0 Å². The fraction of sp³-hybridized carbons (Fsp3) is 0.619. The van der Waals surface area contributed by atoms with Crippen LogP contribution in [0, 0.1) is 0 Å². The van der Waals surface area contributed by atoms with Crippen LogP contribution in [0.1, 0.15) is 6.92 Å². The molecule has 0 unspecified atom stereocenters. The number of rotatable bonds is 7. The van der Waals surface area contributed by atoms with Crippen molar-refractivity contribution in [3.63, 3.8) is 0 Å². The Morgan fingerprint density at radius 3 is 2.52 bits per heavy atom. The fourth-order valence-corrected chi connectivity index (χ4v) is 3.71. The van der Waals surface area contributed by atoms with E-state index >= 15 is 0 Å². The van der Waals surface area contributed by atoms with Crippen molar-refractivity contribution in [1.29, 1.82) is 0 Å². The van der Waals surface area contributed by atoms with Gasteiger partial charge in [0, 0.05) is 45.8 Å². The van der Waals surface area contributed by atoms with Gasteiger partial charge in [-0.3, -0.25) is 9.69 Å². The number of hydrogen-bond acceptors (Lipinski definition) is 5. The van der Waals surface area contributed by atoms with Crippen molar-refractivity contribution in [3.8, 4) is 5.75 Å². The average molecular weight is 566 g/mol. The molecule has 2 saturated heterocycles. The van der Waals surface area contributed by atoms with Crippen LogP contribution in [0.2, 0.25) is 5.02 Å². The number of carbonyl (C=O) groups excluding carboxylic acids is 1. The lowest BCUT2D eigenvalue weighted by molar-refractivity contribution is -0.136. The van der Waals surface area contributed by atoms with Crippen molar-refractivity contribution in [3.05, 3.63) is 29.3 Å². The van der Waals surface area contributed by atoms with E-state index < -0.39 is 0 Å². The molecule has 0 saturated carbocycles. The summed E-state index contributed by atoms with van der Waals surface area (Å²) in [6.45, 7) is 10.4. The maximum atomic E-state index is 12.5. The number of aliphatic imine (C=N–C) groups is 1. The van der Waals surface area contributed by atoms with E-state index in [1.807, 2.05) is 29.2 Å². The third-order valence-electron chi connectivity index (χ3n) is 5.18. The molecular weight excluding hydrogens is 533 g/mol. The van der Waals surface area contributed by atoms with Gasteiger partial charge in [-0.1, -0.05) is 23.7 Å². The van der Waals surface area contributed by atoms with Crippen LogP contribution in [0.15, 0.2) is 29.3 Å². The monoisotopic (exact) mass is 565 g/mol. The van der Waals surface area contributed by atoms with Crippen molar-refractivity contribution < 1.29 is 14.3 Å². The number of benzene rings is 1. The molecule has 174 valence electrons. The van der Waals surface area contributed by atoms with Crippen molar-refractivity contribution in [2.75, 3.05) is 78.7 Å². The van der Waals surface area contributed by atoms with E-state index in [2.05, 4.69) is 22.0 Å². The van der Waals surface area contributed by atoms with Crippen molar-refractivity contribution in [2.45, 2.75) is 6.92 Å². The zero-order chi connectivity index (χ0) is 21.2. The molecule has 1 aromatic rings. The Hall–Kier alpha value is -1.30. The lowest BCUT2D eigenvalue weighted by Crippen LogP contribution is -2.55. The molecule has 31 heavy (non-hydrogen) atoms. The van der Waals surface area contributed by atoms with E-state index in [1.165, 1.54) is 0 Å². The molecule has 2 heterocycles. The number of piperazine rings is 1. The van der Waals surface area contributed by atoms with E-state index in [-0.39, 0.29) is 29.9 Å². The summed E-state index contributed by atoms with van der Waals surface area (Å²) in [5.74, 6) is 1.77. The largest absolute Gasteiger partial charge is 0.490 e. The molecule has 2 aliphatic rings. The maximum Gasteiger partial charge on any atom is 0.236 e. The van der Waals surface area contributed by atoms with Crippen molar-refractivity contribution in [2.24, 2.45) is 4.99 Å². The third-order valence-corrected chi connectivity index (χ3v) is 5.49. The van der Waals surface area contributed by atoms with Gasteiger partial charge in [0.15, 0.2) is 5.96 Å². The Kier molecular flexibility index (Phi) is 11.7. The predicted molar refractivity (Wildman–Crippen MR) is 134 cm³/mol. The average Bonchev–Trinajstić information content (AvgIpc) is 2.78. The number of hydrogen-bond donors (Lipinski definition) is 1. The number of nitrogens with one attached hydrogen (secondary N) is 1. The minimum absolute atomic E-state index is 0. The summed E-state index contributed by atoms with van der Waals surface area (Å²) in [5.41, 5.74) is 0. The van der Waals surface area contributed by atoms with Crippen LogP contribution >= 0.6 is 35.6 Å². The van der Waals surface area contributed by atoms with Gasteiger partial charge in [0.1, 0.15) is 12.4 Å². The lowest BCUT2D eigenvalue weighted by atomic mass is 10.3. The van der Waals surface area contributed by atoms with Crippen molar-refractivity contribution >= 4 is 47.4 Å². The summed E-state index contributed by atoms with van der Waals surface area (Å²) in [4.78, 5) is 23.5. The first-order chi connectivity index (χ1) is 14.7. The number of nitrogens with zero attached hydrogens (tertiary/aromatic N) is 4. The minimum atomic E-state index is 0. The Labute approximate surface area is 206 Å². The molecule has 0 radical (unpaired) electrons. The van der Waals surface area contributed by atoms with Crippen LogP contribution < -0.4 is 10.1 Å². The van der Waals surface area contributed by atoms with Crippen LogP contribution in [-0.4, -0.2) is 105 Å². The summed E-state index contributed by atoms with van der Waals surface area (Å²) in [5, 5.41) is 3.96. The highest BCUT2D eigenvalue weighted by atomic mass is 127. The topological polar surface area (TPSA) is 69.6 Å². The van der Waals surface area contributed by atoms with Crippen LogP contribution in [0.25, 0.3) is 0 Å². The quantitative estimate of drug-likeness (QED) is 0.235. The fourth-order valence-electron chi connectivity index (χ4n) is 3.52. The van der Waals surface area contributed by atoms with Gasteiger partial charge in [-0.15, -0.1) is 24.0 Å². The standard InChI is InChI=1S/C21H32ClN5O3.HI/c1-2-23-21(24-7-14-30-19-6-4-3-5-18(19)22)27-10-8-25(9-11-27)17-20(28)26-12-15-29-16-13-26;/h3-6H,2,7-17H2,1H3,(H,23,24);1H. The second kappa shape index (κ2) is 14.0. The zero-order valence-electron chi connectivity index (χ0n) is 18.1. The molecule has 2 fully saturated rings. The summed E-state index contributed by atoms with van der Waals surface area (Å²) < 4.78 is 11.1. The lowest BCUT2D eigenvalue weighted by Gasteiger charge is -2.37. The van der Waals surface area contributed by atoms with E-state index in [4.69, 9.17) is 26.1 Å². The highest BCUT2D eigenvalue weighted by molar-refractivity contribution is 14.0. The number of ether oxygens (including phenoxy) is 2. The zero-order valence-corrected chi connectivity index (χ0v) is 21.2.